The fourth-order valence-electron chi connectivity index (χ4n) is 3.04. The van der Waals surface area contributed by atoms with Gasteiger partial charge >= 0.3 is 0 Å². The van der Waals surface area contributed by atoms with E-state index < -0.39 is 6.10 Å². The molecule has 0 aliphatic carbocycles. The van der Waals surface area contributed by atoms with Crippen LogP contribution in [0.1, 0.15) is 23.2 Å². The molecule has 0 bridgehead atoms. The van der Waals surface area contributed by atoms with Gasteiger partial charge in [0.25, 0.3) is 11.8 Å². The van der Waals surface area contributed by atoms with Crippen LogP contribution in [0.4, 0.5) is 10.8 Å². The average Bonchev–Trinajstić information content (AvgIpc) is 3.41. The zero-order valence-corrected chi connectivity index (χ0v) is 16.9. The minimum atomic E-state index is -0.425. The SMILES string of the molecule is O=C(Nc1nc(-c2ccccc2Cl)cs1)c1cccc(NC(=O)C2CCCO2)c1. The van der Waals surface area contributed by atoms with Crippen LogP contribution in [0, 0.1) is 0 Å². The summed E-state index contributed by atoms with van der Waals surface area (Å²) in [5.41, 5.74) is 2.48. The zero-order valence-electron chi connectivity index (χ0n) is 15.4. The third kappa shape index (κ3) is 4.64. The summed E-state index contributed by atoms with van der Waals surface area (Å²) in [6, 6.07) is 14.2. The molecular weight excluding hydrogens is 410 g/mol. The molecule has 6 nitrogen and oxygen atoms in total. The van der Waals surface area contributed by atoms with Crippen molar-refractivity contribution in [2.75, 3.05) is 17.2 Å². The van der Waals surface area contributed by atoms with E-state index in [9.17, 15) is 9.59 Å². The molecule has 3 aromatic rings. The Morgan fingerprint density at radius 2 is 2.00 bits per heavy atom. The molecule has 29 heavy (non-hydrogen) atoms. The molecule has 1 aliphatic heterocycles. The minimum absolute atomic E-state index is 0.190. The van der Waals surface area contributed by atoms with E-state index >= 15 is 0 Å². The highest BCUT2D eigenvalue weighted by atomic mass is 35.5. The van der Waals surface area contributed by atoms with Crippen LogP contribution in [-0.4, -0.2) is 29.5 Å². The monoisotopic (exact) mass is 427 g/mol. The number of nitrogens with one attached hydrogen (secondary N) is 2. The minimum Gasteiger partial charge on any atom is -0.368 e. The lowest BCUT2D eigenvalue weighted by molar-refractivity contribution is -0.124. The van der Waals surface area contributed by atoms with E-state index in [0.717, 1.165) is 12.0 Å². The standard InChI is InChI=1S/C21H18ClN3O3S/c22-16-8-2-1-7-15(16)17-12-29-21(24-17)25-19(26)13-5-3-6-14(11-13)23-20(27)18-9-4-10-28-18/h1-3,5-8,11-12,18H,4,9-10H2,(H,23,27)(H,24,25,26). The van der Waals surface area contributed by atoms with E-state index in [1.54, 1.807) is 30.3 Å². The number of thiazole rings is 1. The van der Waals surface area contributed by atoms with Crippen molar-refractivity contribution in [2.24, 2.45) is 0 Å². The second-order valence-electron chi connectivity index (χ2n) is 6.54. The van der Waals surface area contributed by atoms with Crippen molar-refractivity contribution in [1.29, 1.82) is 0 Å². The van der Waals surface area contributed by atoms with Crippen molar-refractivity contribution in [3.8, 4) is 11.3 Å². The zero-order chi connectivity index (χ0) is 20.2. The van der Waals surface area contributed by atoms with Crippen molar-refractivity contribution in [1.82, 2.24) is 4.98 Å². The molecule has 148 valence electrons. The average molecular weight is 428 g/mol. The topological polar surface area (TPSA) is 80.3 Å². The molecule has 4 rings (SSSR count). The second-order valence-corrected chi connectivity index (χ2v) is 7.81. The van der Waals surface area contributed by atoms with Crippen LogP contribution in [0.15, 0.2) is 53.9 Å². The normalized spacial score (nSPS) is 15.8. The van der Waals surface area contributed by atoms with Gasteiger partial charge in [-0.05, 0) is 37.1 Å². The van der Waals surface area contributed by atoms with Crippen LogP contribution >= 0.6 is 22.9 Å². The first-order valence-corrected chi connectivity index (χ1v) is 10.4. The maximum Gasteiger partial charge on any atom is 0.257 e. The van der Waals surface area contributed by atoms with Gasteiger partial charge in [-0.25, -0.2) is 4.98 Å². The molecule has 0 saturated carbocycles. The Morgan fingerprint density at radius 3 is 2.79 bits per heavy atom. The van der Waals surface area contributed by atoms with Crippen molar-refractivity contribution >= 4 is 45.6 Å². The number of aromatic nitrogens is 1. The van der Waals surface area contributed by atoms with Crippen molar-refractivity contribution in [3.63, 3.8) is 0 Å². The number of nitrogens with zero attached hydrogens (tertiary/aromatic N) is 1. The Bertz CT molecular complexity index is 1050. The van der Waals surface area contributed by atoms with Crippen LogP contribution in [-0.2, 0) is 9.53 Å². The third-order valence-electron chi connectivity index (χ3n) is 4.49. The Kier molecular flexibility index (Phi) is 5.89. The molecule has 0 spiro atoms. The largest absolute Gasteiger partial charge is 0.368 e. The molecule has 1 aromatic heterocycles. The highest BCUT2D eigenvalue weighted by molar-refractivity contribution is 7.14. The number of carbonyl (C=O) groups excluding carboxylic acids is 2. The van der Waals surface area contributed by atoms with Crippen LogP contribution in [0.2, 0.25) is 5.02 Å². The summed E-state index contributed by atoms with van der Waals surface area (Å²) in [7, 11) is 0. The van der Waals surface area contributed by atoms with E-state index in [4.69, 9.17) is 16.3 Å². The van der Waals surface area contributed by atoms with Crippen LogP contribution in [0.3, 0.4) is 0 Å². The second kappa shape index (κ2) is 8.73. The fraction of sp³-hybridized carbons (Fsp3) is 0.190. The number of rotatable bonds is 5. The number of amides is 2. The molecule has 2 N–H and O–H groups in total. The molecule has 1 unspecified atom stereocenters. The number of hydrogen-bond acceptors (Lipinski definition) is 5. The number of hydrogen-bond donors (Lipinski definition) is 2. The van der Waals surface area contributed by atoms with Gasteiger partial charge in [-0.1, -0.05) is 35.9 Å². The molecule has 1 atom stereocenters. The lowest BCUT2D eigenvalue weighted by atomic mass is 10.1. The summed E-state index contributed by atoms with van der Waals surface area (Å²) in [4.78, 5) is 29.3. The van der Waals surface area contributed by atoms with Gasteiger partial charge in [0.1, 0.15) is 6.10 Å². The Morgan fingerprint density at radius 1 is 1.14 bits per heavy atom. The third-order valence-corrected chi connectivity index (χ3v) is 5.58. The molecule has 1 aliphatic rings. The van der Waals surface area contributed by atoms with Gasteiger partial charge in [0, 0.05) is 33.8 Å². The number of carbonyl (C=O) groups is 2. The molecule has 2 amide bonds. The van der Waals surface area contributed by atoms with Crippen molar-refractivity contribution in [2.45, 2.75) is 18.9 Å². The van der Waals surface area contributed by atoms with E-state index in [-0.39, 0.29) is 11.8 Å². The summed E-state index contributed by atoms with van der Waals surface area (Å²) >= 11 is 7.53. The molecule has 1 saturated heterocycles. The summed E-state index contributed by atoms with van der Waals surface area (Å²) in [6.07, 6.45) is 1.17. The molecular formula is C21H18ClN3O3S. The molecule has 0 radical (unpaired) electrons. The molecule has 2 heterocycles. The first-order chi connectivity index (χ1) is 14.1. The van der Waals surface area contributed by atoms with Crippen LogP contribution < -0.4 is 10.6 Å². The van der Waals surface area contributed by atoms with Crippen molar-refractivity contribution in [3.05, 3.63) is 64.5 Å². The predicted molar refractivity (Wildman–Crippen MR) is 115 cm³/mol. The summed E-state index contributed by atoms with van der Waals surface area (Å²) < 4.78 is 5.38. The summed E-state index contributed by atoms with van der Waals surface area (Å²) in [6.45, 7) is 0.602. The van der Waals surface area contributed by atoms with Crippen LogP contribution in [0.25, 0.3) is 11.3 Å². The van der Waals surface area contributed by atoms with Gasteiger partial charge in [-0.3, -0.25) is 14.9 Å². The van der Waals surface area contributed by atoms with Gasteiger partial charge in [-0.15, -0.1) is 11.3 Å². The number of halogens is 1. The Balaban J connectivity index is 1.44. The lowest BCUT2D eigenvalue weighted by Crippen LogP contribution is -2.27. The summed E-state index contributed by atoms with van der Waals surface area (Å²) in [5, 5.41) is 8.51. The number of ether oxygens (including phenoxy) is 1. The maximum absolute atomic E-state index is 12.6. The van der Waals surface area contributed by atoms with E-state index in [2.05, 4.69) is 15.6 Å². The molecule has 1 fully saturated rings. The van der Waals surface area contributed by atoms with E-state index in [0.29, 0.717) is 40.1 Å². The van der Waals surface area contributed by atoms with Gasteiger partial charge in [0.2, 0.25) is 0 Å². The van der Waals surface area contributed by atoms with Crippen LogP contribution in [0.5, 0.6) is 0 Å². The van der Waals surface area contributed by atoms with Crippen molar-refractivity contribution < 1.29 is 14.3 Å². The Hall–Kier alpha value is -2.74. The first kappa shape index (κ1) is 19.6. The van der Waals surface area contributed by atoms with Gasteiger partial charge < -0.3 is 10.1 Å². The smallest absolute Gasteiger partial charge is 0.257 e. The predicted octanol–water partition coefficient (Wildman–Crippen LogP) is 4.83. The highest BCUT2D eigenvalue weighted by Crippen LogP contribution is 2.30. The Labute approximate surface area is 176 Å². The fourth-order valence-corrected chi connectivity index (χ4v) is 3.98. The quantitative estimate of drug-likeness (QED) is 0.611. The summed E-state index contributed by atoms with van der Waals surface area (Å²) in [5.74, 6) is -0.498. The van der Waals surface area contributed by atoms with Gasteiger partial charge in [0.15, 0.2) is 5.13 Å². The number of benzene rings is 2. The number of anilines is 2. The van der Waals surface area contributed by atoms with Gasteiger partial charge in [0.05, 0.1) is 5.69 Å². The van der Waals surface area contributed by atoms with E-state index in [1.807, 2.05) is 23.6 Å². The first-order valence-electron chi connectivity index (χ1n) is 9.14. The van der Waals surface area contributed by atoms with E-state index in [1.165, 1.54) is 11.3 Å². The maximum atomic E-state index is 12.6. The lowest BCUT2D eigenvalue weighted by Gasteiger charge is -2.11. The molecule has 2 aromatic carbocycles. The highest BCUT2D eigenvalue weighted by Gasteiger charge is 2.23. The molecule has 8 heteroatoms. The van der Waals surface area contributed by atoms with Gasteiger partial charge in [-0.2, -0.15) is 0 Å².